The molecule has 0 unspecified atom stereocenters. The third kappa shape index (κ3) is 21.5. The summed E-state index contributed by atoms with van der Waals surface area (Å²) in [6.07, 6.45) is 7.07. The summed E-state index contributed by atoms with van der Waals surface area (Å²) < 4.78 is 22.2. The Labute approximate surface area is 514 Å². The number of carboxylic acid groups (broad SMARTS) is 6. The van der Waals surface area contributed by atoms with Crippen molar-refractivity contribution in [3.8, 4) is 68.8 Å². The van der Waals surface area contributed by atoms with Crippen molar-refractivity contribution in [2.75, 3.05) is 0 Å². The SMILES string of the molecule is O=C([O-])c1cccc(Oc2cc(Oc3cccc(C(=O)O)c3)cc(C(=O)[O-])c2)c1.O=C([O-])c1cccc(Oc2cc(Oc3cccc(C(=O)O)c3)cc(C(=O)[O-])c2)c1.[OH3+].[OH3+].[Zn+2].[Zn+2].c1ccc(-c2ccccn2)nc1.c1ccc(-c2ccccn2)nc1. The summed E-state index contributed by atoms with van der Waals surface area (Å²) in [6.45, 7) is 0. The zero-order valence-electron chi connectivity index (χ0n) is 44.9. The summed E-state index contributed by atoms with van der Waals surface area (Å²) in [7, 11) is 0. The number of aromatic carboxylic acids is 6. The molecule has 0 aliphatic carbocycles. The van der Waals surface area contributed by atoms with Gasteiger partial charge >= 0.3 is 50.9 Å². The van der Waals surface area contributed by atoms with E-state index < -0.39 is 35.8 Å². The molecule has 10 aromatic rings. The van der Waals surface area contributed by atoms with E-state index in [4.69, 9.17) is 29.2 Å². The first-order valence-electron chi connectivity index (χ1n) is 24.0. The predicted molar refractivity (Wildman–Crippen MR) is 295 cm³/mol. The normalized spacial score (nSPS) is 9.58. The predicted octanol–water partition coefficient (Wildman–Crippen LogP) is 5.83. The van der Waals surface area contributed by atoms with E-state index in [2.05, 4.69) is 19.9 Å². The van der Waals surface area contributed by atoms with E-state index in [1.807, 2.05) is 72.8 Å². The number of carbonyl (C=O) groups is 6. The van der Waals surface area contributed by atoms with Gasteiger partial charge in [0.05, 0.1) is 57.8 Å². The first-order chi connectivity index (χ1) is 39.6. The van der Waals surface area contributed by atoms with Gasteiger partial charge in [-0.3, -0.25) is 19.9 Å². The Morgan fingerprint density at radius 2 is 0.500 bits per heavy atom. The fourth-order valence-corrected chi connectivity index (χ4v) is 6.97. The quantitative estimate of drug-likeness (QED) is 0.0848. The number of nitrogens with zero attached hydrogens (tertiary/aromatic N) is 4. The van der Waals surface area contributed by atoms with Crippen LogP contribution in [0.5, 0.6) is 46.0 Å². The average molecular weight is 1270 g/mol. The molecule has 0 amide bonds. The van der Waals surface area contributed by atoms with Crippen LogP contribution in [0, 0.1) is 0 Å². The molecular weight excluding hydrogens is 1220 g/mol. The van der Waals surface area contributed by atoms with Gasteiger partial charge in [0.25, 0.3) is 0 Å². The van der Waals surface area contributed by atoms with Gasteiger partial charge in [0, 0.05) is 59.2 Å². The molecule has 0 atom stereocenters. The van der Waals surface area contributed by atoms with E-state index in [9.17, 15) is 49.2 Å². The minimum atomic E-state index is -1.48. The number of carboxylic acids is 6. The second kappa shape index (κ2) is 34.5. The van der Waals surface area contributed by atoms with E-state index in [0.29, 0.717) is 0 Å². The molecule has 86 heavy (non-hydrogen) atoms. The monoisotopic (exact) mass is 1260 g/mol. The van der Waals surface area contributed by atoms with Crippen LogP contribution in [-0.4, -0.2) is 66.0 Å². The molecule has 0 saturated carbocycles. The third-order valence-corrected chi connectivity index (χ3v) is 10.7. The smallest absolute Gasteiger partial charge is 0.545 e. The number of ether oxygens (including phenoxy) is 4. The fraction of sp³-hybridized carbons (Fsp3) is 0. The maximum Gasteiger partial charge on any atom is 2.00 e. The molecule has 0 aliphatic rings. The van der Waals surface area contributed by atoms with Crippen LogP contribution in [0.4, 0.5) is 0 Å². The van der Waals surface area contributed by atoms with E-state index in [0.717, 1.165) is 22.8 Å². The maximum absolute atomic E-state index is 11.3. The molecule has 0 radical (unpaired) electrons. The van der Waals surface area contributed by atoms with Crippen molar-refractivity contribution >= 4 is 35.8 Å². The van der Waals surface area contributed by atoms with Gasteiger partial charge in [0.2, 0.25) is 0 Å². The number of hydrogen-bond donors (Lipinski definition) is 2. The Morgan fingerprint density at radius 1 is 0.279 bits per heavy atom. The summed E-state index contributed by atoms with van der Waals surface area (Å²) in [5.41, 5.74) is 2.93. The molecule has 424 valence electrons. The molecule has 0 aliphatic heterocycles. The van der Waals surface area contributed by atoms with Crippen LogP contribution in [-0.2, 0) is 49.9 Å². The van der Waals surface area contributed by atoms with Crippen LogP contribution in [0.25, 0.3) is 22.8 Å². The summed E-state index contributed by atoms with van der Waals surface area (Å²) in [6, 6.07) is 52.9. The van der Waals surface area contributed by atoms with Crippen molar-refractivity contribution in [3.05, 3.63) is 264 Å². The minimum absolute atomic E-state index is 0. The van der Waals surface area contributed by atoms with Gasteiger partial charge in [-0.25, -0.2) is 9.59 Å². The van der Waals surface area contributed by atoms with E-state index in [-0.39, 0.29) is 129 Å². The average Bonchev–Trinajstić information content (AvgIpc) is 3.55. The first-order valence-corrected chi connectivity index (χ1v) is 24.0. The Hall–Kier alpha value is -10.9. The van der Waals surface area contributed by atoms with Gasteiger partial charge in [-0.2, -0.15) is 0 Å². The van der Waals surface area contributed by atoms with Crippen LogP contribution in [0.1, 0.15) is 62.1 Å². The third-order valence-electron chi connectivity index (χ3n) is 10.7. The zero-order chi connectivity index (χ0) is 58.4. The largest absolute Gasteiger partial charge is 2.00 e. The standard InChI is InChI=1S/2C21H14O8.2C10H8N2.2H2O.2Zn/c2*22-19(23)12-3-1-5-15(7-12)28-17-9-14(21(26)27)10-18(11-17)29-16-6-2-4-13(8-16)20(24)25;2*1-3-7-11-9(5-1)10-6-2-4-8-12-10;;;;/h2*1-11H,(H,22,23)(H,24,25)(H,26,27);2*1-8H;2*1H2;;/q;;;;;;2*+2/p-2. The molecule has 10 rings (SSSR count). The van der Waals surface area contributed by atoms with Crippen LogP contribution in [0.15, 0.2) is 231 Å². The Balaban J connectivity index is 0.000000317. The number of hydrogen-bond acceptors (Lipinski definition) is 18. The molecule has 0 saturated heterocycles. The topological polar surface area (TPSA) is 390 Å². The van der Waals surface area contributed by atoms with E-state index >= 15 is 0 Å². The summed E-state index contributed by atoms with van der Waals surface area (Å²) >= 11 is 0. The minimum Gasteiger partial charge on any atom is -0.545 e. The molecule has 4 heterocycles. The Morgan fingerprint density at radius 3 is 0.709 bits per heavy atom. The fourth-order valence-electron chi connectivity index (χ4n) is 6.97. The molecule has 0 fully saturated rings. The Kier molecular flexibility index (Phi) is 27.9. The van der Waals surface area contributed by atoms with E-state index in [1.165, 1.54) is 133 Å². The van der Waals surface area contributed by atoms with Crippen LogP contribution < -0.4 is 39.4 Å². The summed E-state index contributed by atoms with van der Waals surface area (Å²) in [5.74, 6) is -7.20. The van der Waals surface area contributed by atoms with E-state index in [1.54, 1.807) is 24.8 Å². The van der Waals surface area contributed by atoms with Gasteiger partial charge in [-0.15, -0.1) is 0 Å². The van der Waals surface area contributed by atoms with Crippen LogP contribution in [0.2, 0.25) is 0 Å². The number of carbonyl (C=O) groups excluding carboxylic acids is 4. The van der Waals surface area contributed by atoms with Crippen molar-refractivity contribution in [1.29, 1.82) is 0 Å². The van der Waals surface area contributed by atoms with Gasteiger partial charge in [0.1, 0.15) is 46.0 Å². The van der Waals surface area contributed by atoms with Crippen LogP contribution >= 0.6 is 0 Å². The van der Waals surface area contributed by atoms with Crippen molar-refractivity contribution in [1.82, 2.24) is 19.9 Å². The summed E-state index contributed by atoms with van der Waals surface area (Å²) in [4.78, 5) is 83.5. The van der Waals surface area contributed by atoms with Gasteiger partial charge in [-0.1, -0.05) is 60.7 Å². The molecule has 24 heteroatoms. The van der Waals surface area contributed by atoms with Gasteiger partial charge in [0.15, 0.2) is 0 Å². The summed E-state index contributed by atoms with van der Waals surface area (Å²) in [5, 5.41) is 62.7. The van der Waals surface area contributed by atoms with Gasteiger partial charge in [-0.05, 0) is 133 Å². The number of pyridine rings is 4. The molecule has 22 nitrogen and oxygen atoms in total. The zero-order valence-corrected chi connectivity index (χ0v) is 50.8. The second-order valence-corrected chi connectivity index (χ2v) is 16.5. The number of aromatic nitrogens is 4. The number of benzene rings is 6. The molecule has 0 spiro atoms. The molecular formula is C62H46N4O18Zn2+2. The molecule has 0 bridgehead atoms. The number of rotatable bonds is 16. The van der Waals surface area contributed by atoms with Crippen molar-refractivity contribution in [3.63, 3.8) is 0 Å². The van der Waals surface area contributed by atoms with Gasteiger partial charge < -0.3 is 79.7 Å². The van der Waals surface area contributed by atoms with Crippen molar-refractivity contribution < 1.29 is 128 Å². The van der Waals surface area contributed by atoms with Crippen LogP contribution in [0.3, 0.4) is 0 Å². The Bertz CT molecular complexity index is 3390. The maximum atomic E-state index is 11.3. The first kappa shape index (κ1) is 69.4. The molecule has 6 aromatic carbocycles. The van der Waals surface area contributed by atoms with Crippen molar-refractivity contribution in [2.45, 2.75) is 0 Å². The van der Waals surface area contributed by atoms with Crippen molar-refractivity contribution in [2.24, 2.45) is 0 Å². The second-order valence-electron chi connectivity index (χ2n) is 16.5. The molecule has 4 aromatic heterocycles. The molecule has 8 N–H and O–H groups in total.